The first-order valence-electron chi connectivity index (χ1n) is 27.5. The van der Waals surface area contributed by atoms with Crippen molar-refractivity contribution in [1.82, 2.24) is 39.5 Å². The van der Waals surface area contributed by atoms with Crippen molar-refractivity contribution in [1.29, 1.82) is 0 Å². The second-order valence-electron chi connectivity index (χ2n) is 23.3. The summed E-state index contributed by atoms with van der Waals surface area (Å²) in [5, 5.41) is 6.14. The molecule has 10 heterocycles. The second kappa shape index (κ2) is 17.9. The second-order valence-corrected chi connectivity index (χ2v) is 23.3. The molecule has 3 saturated carbocycles. The third kappa shape index (κ3) is 7.87. The Morgan fingerprint density at radius 2 is 1.56 bits per heavy atom. The highest BCUT2D eigenvalue weighted by Gasteiger charge is 2.58. The van der Waals surface area contributed by atoms with Crippen molar-refractivity contribution in [3.63, 3.8) is 0 Å². The lowest BCUT2D eigenvalue weighted by atomic mass is 9.60. The van der Waals surface area contributed by atoms with Gasteiger partial charge in [0.1, 0.15) is 11.3 Å². The molecule has 3 aromatic heterocycles. The van der Waals surface area contributed by atoms with Crippen molar-refractivity contribution < 1.29 is 24.0 Å². The van der Waals surface area contributed by atoms with E-state index in [4.69, 9.17) is 9.97 Å². The van der Waals surface area contributed by atoms with Gasteiger partial charge < -0.3 is 34.4 Å². The zero-order valence-electron chi connectivity index (χ0n) is 41.9. The average Bonchev–Trinajstić information content (AvgIpc) is 4.05. The molecule has 2 bridgehead atoms. The minimum Gasteiger partial charge on any atom is -0.366 e. The number of carbonyl (C=O) groups excluding carboxylic acids is 5. The number of nitrogens with one attached hydrogen (secondary N) is 2. The Morgan fingerprint density at radius 3 is 2.25 bits per heavy atom. The summed E-state index contributed by atoms with van der Waals surface area (Å²) in [6, 6.07) is 13.9. The maximum Gasteiger partial charge on any atom is 0.238 e. The number of hydrogen-bond acceptors (Lipinski definition) is 11. The molecule has 1 aromatic carbocycles. The summed E-state index contributed by atoms with van der Waals surface area (Å²) in [6.45, 7) is 10.5. The van der Waals surface area contributed by atoms with Crippen LogP contribution >= 0.6 is 0 Å². The highest BCUT2D eigenvalue weighted by molar-refractivity contribution is 6.09. The largest absolute Gasteiger partial charge is 0.366 e. The van der Waals surface area contributed by atoms with Gasteiger partial charge in [0, 0.05) is 99.1 Å². The van der Waals surface area contributed by atoms with Gasteiger partial charge in [0.2, 0.25) is 29.5 Å². The molecule has 1 spiro atoms. The van der Waals surface area contributed by atoms with E-state index in [1.807, 2.05) is 23.4 Å². The van der Waals surface area contributed by atoms with Crippen molar-refractivity contribution in [3.8, 4) is 11.3 Å². The number of imidazole rings is 1. The zero-order valence-corrected chi connectivity index (χ0v) is 41.9. The Bertz CT molecular complexity index is 2800. The maximum atomic E-state index is 15.3. The predicted octanol–water partition coefficient (Wildman–Crippen LogP) is 6.40. The van der Waals surface area contributed by atoms with Crippen LogP contribution in [0.15, 0.2) is 48.9 Å². The predicted molar refractivity (Wildman–Crippen MR) is 273 cm³/mol. The lowest BCUT2D eigenvalue weighted by molar-refractivity contribution is -0.162. The highest BCUT2D eigenvalue weighted by Crippen LogP contribution is 2.54. The number of rotatable bonds is 10. The Balaban J connectivity index is 0.671. The molecule has 16 heteroatoms. The third-order valence-corrected chi connectivity index (χ3v) is 18.7. The lowest BCUT2D eigenvalue weighted by Crippen LogP contribution is -2.63. The van der Waals surface area contributed by atoms with Crippen LogP contribution in [0.4, 0.5) is 17.3 Å². The Hall–Kier alpha value is -5.90. The molecule has 0 radical (unpaired) electrons. The number of nitrogens with zero attached hydrogens (tertiary/aromatic N) is 9. The van der Waals surface area contributed by atoms with Crippen molar-refractivity contribution in [2.75, 3.05) is 67.5 Å². The first-order chi connectivity index (χ1) is 35.0. The first-order valence-corrected chi connectivity index (χ1v) is 27.5. The number of likely N-dealkylation sites (tertiary alicyclic amines) is 2. The Labute approximate surface area is 421 Å². The molecule has 2 N–H and O–H groups in total. The van der Waals surface area contributed by atoms with E-state index in [1.165, 1.54) is 19.3 Å². The van der Waals surface area contributed by atoms with Gasteiger partial charge in [-0.15, -0.1) is 0 Å². The van der Waals surface area contributed by atoms with Crippen molar-refractivity contribution >= 4 is 57.9 Å². The van der Waals surface area contributed by atoms with Crippen LogP contribution in [0.5, 0.6) is 0 Å². The number of amides is 5. The first kappa shape index (κ1) is 45.9. The SMILES string of the molecule is CC(C)n1cnc2cc(-c3ccc4c(c3)N([C@H]3C[C@@H](N5CCCCC5)C3)C(=O)C43CCN(C(=O)C4[C@@H]5C[C@H]4CN(C(=O)C4CCN(c6ccc(C7CCC(=O)NC7=O)cn6)CC4)C5)CC3)nc(NC3CC3)c21. The van der Waals surface area contributed by atoms with Gasteiger partial charge in [-0.3, -0.25) is 29.3 Å². The molecular weight excluding hydrogens is 907 g/mol. The number of benzene rings is 1. The Morgan fingerprint density at radius 1 is 0.792 bits per heavy atom. The third-order valence-electron chi connectivity index (χ3n) is 18.7. The molecular formula is C56H69N11O5. The smallest absolute Gasteiger partial charge is 0.238 e. The summed E-state index contributed by atoms with van der Waals surface area (Å²) in [5.74, 6) is 1.71. The minimum atomic E-state index is -0.670. The van der Waals surface area contributed by atoms with E-state index in [9.17, 15) is 19.2 Å². The molecule has 72 heavy (non-hydrogen) atoms. The molecule has 2 unspecified atom stereocenters. The van der Waals surface area contributed by atoms with Gasteiger partial charge in [0.15, 0.2) is 5.82 Å². The van der Waals surface area contributed by atoms with Crippen molar-refractivity contribution in [2.24, 2.45) is 23.7 Å². The minimum absolute atomic E-state index is 0.0525. The highest BCUT2D eigenvalue weighted by atomic mass is 16.2. The molecule has 16 nitrogen and oxygen atoms in total. The van der Waals surface area contributed by atoms with E-state index >= 15 is 4.79 Å². The molecule has 6 saturated heterocycles. The van der Waals surface area contributed by atoms with Crippen LogP contribution in [-0.4, -0.2) is 134 Å². The number of carbonyl (C=O) groups is 5. The van der Waals surface area contributed by atoms with Gasteiger partial charge >= 0.3 is 0 Å². The van der Waals surface area contributed by atoms with E-state index < -0.39 is 5.41 Å². The topological polar surface area (TPSA) is 169 Å². The molecule has 14 rings (SSSR count). The Kier molecular flexibility index (Phi) is 11.4. The van der Waals surface area contributed by atoms with Gasteiger partial charge in [0.25, 0.3) is 0 Å². The molecule has 4 atom stereocenters. The van der Waals surface area contributed by atoms with E-state index in [-0.39, 0.29) is 71.2 Å². The van der Waals surface area contributed by atoms with Crippen LogP contribution < -0.4 is 20.4 Å². The number of fused-ring (bicyclic) bond motifs is 5. The van der Waals surface area contributed by atoms with Gasteiger partial charge in [0.05, 0.1) is 28.9 Å². The van der Waals surface area contributed by atoms with Crippen molar-refractivity contribution in [3.05, 3.63) is 60.0 Å². The van der Waals surface area contributed by atoms with Crippen molar-refractivity contribution in [2.45, 2.75) is 139 Å². The fraction of sp³-hybridized carbons (Fsp3) is 0.607. The van der Waals surface area contributed by atoms with Crippen LogP contribution in [0, 0.1) is 23.7 Å². The number of anilines is 3. The fourth-order valence-corrected chi connectivity index (χ4v) is 14.3. The van der Waals surface area contributed by atoms with E-state index in [0.717, 1.165) is 122 Å². The van der Waals surface area contributed by atoms with Gasteiger partial charge in [-0.2, -0.15) is 0 Å². The quantitative estimate of drug-likeness (QED) is 0.169. The standard InChI is InChI=1S/C56H69N11O5/c1-33(2)66-32-58-45-28-44(60-51(50(45)66)59-39-8-9-39)35-6-11-43-46(25-35)67(41-26-40(27-41)62-18-4-3-5-19-62)55(72)56(43)16-22-64(23-17-56)54(71)49-37-24-38(49)31-65(30-37)53(70)34-14-20-63(21-15-34)47-12-7-36(29-57-47)42-10-13-48(68)61-52(42)69/h6-7,11-12,25,28-29,32-34,37-42,49H,3-5,8-10,13-24,26-27,30-31H2,1-2H3,(H,59,60)(H,61,68,69)/t37-,38+,40-,41+,42?,49?. The summed E-state index contributed by atoms with van der Waals surface area (Å²) in [5.41, 5.74) is 6.07. The van der Waals surface area contributed by atoms with Crippen LogP contribution in [0.25, 0.3) is 22.3 Å². The monoisotopic (exact) mass is 976 g/mol. The number of imide groups is 1. The summed E-state index contributed by atoms with van der Waals surface area (Å²) in [7, 11) is 0. The molecule has 5 amide bonds. The molecule has 7 aliphatic heterocycles. The van der Waals surface area contributed by atoms with Crippen LogP contribution in [-0.2, 0) is 29.4 Å². The van der Waals surface area contributed by atoms with E-state index in [1.54, 1.807) is 6.20 Å². The summed E-state index contributed by atoms with van der Waals surface area (Å²) < 4.78 is 2.20. The zero-order chi connectivity index (χ0) is 49.0. The lowest BCUT2D eigenvalue weighted by Gasteiger charge is -2.54. The summed E-state index contributed by atoms with van der Waals surface area (Å²) in [6.07, 6.45) is 16.3. The number of piperidine rings is 6. The molecule has 4 aromatic rings. The van der Waals surface area contributed by atoms with E-state index in [0.29, 0.717) is 63.9 Å². The van der Waals surface area contributed by atoms with Gasteiger partial charge in [-0.05, 0) is 145 Å². The number of hydrogen-bond donors (Lipinski definition) is 2. The summed E-state index contributed by atoms with van der Waals surface area (Å²) in [4.78, 5) is 93.8. The summed E-state index contributed by atoms with van der Waals surface area (Å²) >= 11 is 0. The normalized spacial score (nSPS) is 28.6. The van der Waals surface area contributed by atoms with Crippen LogP contribution in [0.3, 0.4) is 0 Å². The maximum absolute atomic E-state index is 15.3. The van der Waals surface area contributed by atoms with Gasteiger partial charge in [-0.1, -0.05) is 24.6 Å². The molecule has 3 aliphatic carbocycles. The average molecular weight is 976 g/mol. The van der Waals surface area contributed by atoms with E-state index in [2.05, 4.69) is 77.9 Å². The fourth-order valence-electron chi connectivity index (χ4n) is 14.3. The van der Waals surface area contributed by atoms with Gasteiger partial charge in [-0.25, -0.2) is 15.0 Å². The molecule has 10 aliphatic rings. The number of pyridine rings is 2. The molecule has 9 fully saturated rings. The molecule has 378 valence electrons. The van der Waals surface area contributed by atoms with Crippen LogP contribution in [0.1, 0.15) is 127 Å². The number of aromatic nitrogens is 4. The van der Waals surface area contributed by atoms with Crippen LogP contribution in [0.2, 0.25) is 0 Å².